The number of benzene rings is 1. The summed E-state index contributed by atoms with van der Waals surface area (Å²) >= 11 is 0. The van der Waals surface area contributed by atoms with Gasteiger partial charge in [-0.2, -0.15) is 4.31 Å². The van der Waals surface area contributed by atoms with Gasteiger partial charge in [0.1, 0.15) is 10.7 Å². The van der Waals surface area contributed by atoms with E-state index in [0.717, 1.165) is 15.4 Å². The smallest absolute Gasteiger partial charge is 0.252 e. The second kappa shape index (κ2) is 8.06. The average molecular weight is 459 g/mol. The first-order valence-corrected chi connectivity index (χ1v) is 11.3. The molecule has 2 amide bonds. The van der Waals surface area contributed by atoms with Gasteiger partial charge in [-0.15, -0.1) is 0 Å². The minimum absolute atomic E-state index is 0.0167. The van der Waals surface area contributed by atoms with Gasteiger partial charge >= 0.3 is 0 Å². The van der Waals surface area contributed by atoms with E-state index in [-0.39, 0.29) is 24.3 Å². The van der Waals surface area contributed by atoms with Crippen LogP contribution in [0.5, 0.6) is 0 Å². The number of halogens is 1. The fraction of sp³-hybridized carbons (Fsp3) is 0.286. The molecule has 167 valence electrons. The fourth-order valence-electron chi connectivity index (χ4n) is 4.42. The van der Waals surface area contributed by atoms with E-state index in [2.05, 4.69) is 4.98 Å². The molecule has 2 aliphatic heterocycles. The Labute approximate surface area is 184 Å². The molecule has 0 bridgehead atoms. The summed E-state index contributed by atoms with van der Waals surface area (Å²) in [4.78, 5) is 43.3. The summed E-state index contributed by atoms with van der Waals surface area (Å²) in [6.45, 7) is -0.594. The van der Waals surface area contributed by atoms with Gasteiger partial charge in [0.15, 0.2) is 11.3 Å². The molecule has 1 aromatic heterocycles. The van der Waals surface area contributed by atoms with E-state index in [1.54, 1.807) is 0 Å². The molecule has 0 saturated carbocycles. The van der Waals surface area contributed by atoms with Crippen LogP contribution in [-0.2, 0) is 30.8 Å². The first-order valence-electron chi connectivity index (χ1n) is 9.83. The first kappa shape index (κ1) is 22.0. The third-order valence-electron chi connectivity index (χ3n) is 5.91. The number of sulfonamides is 1. The second-order valence-corrected chi connectivity index (χ2v) is 9.51. The Hall–Kier alpha value is -3.18. The number of hydrogen-bond donors (Lipinski definition) is 1. The number of nitrogens with zero attached hydrogens (tertiary/aromatic N) is 3. The Bertz CT molecular complexity index is 1170. The topological polar surface area (TPSA) is 131 Å². The maximum atomic E-state index is 13.1. The van der Waals surface area contributed by atoms with E-state index in [0.29, 0.717) is 5.56 Å². The molecule has 3 heterocycles. The normalized spacial score (nSPS) is 23.3. The molecule has 1 aromatic carbocycles. The van der Waals surface area contributed by atoms with Crippen LogP contribution in [0.15, 0.2) is 53.7 Å². The summed E-state index contributed by atoms with van der Waals surface area (Å²) in [7, 11) is -4.15. The molecule has 2 atom stereocenters. The van der Waals surface area contributed by atoms with Gasteiger partial charge in [0.05, 0.1) is 19.0 Å². The van der Waals surface area contributed by atoms with Crippen molar-refractivity contribution in [1.82, 2.24) is 14.2 Å². The van der Waals surface area contributed by atoms with Gasteiger partial charge in [-0.05, 0) is 42.7 Å². The van der Waals surface area contributed by atoms with Crippen LogP contribution in [0, 0.1) is 12.2 Å². The highest BCUT2D eigenvalue weighted by molar-refractivity contribution is 7.89. The number of primary amides is 1. The minimum atomic E-state index is -4.15. The van der Waals surface area contributed by atoms with E-state index in [4.69, 9.17) is 5.73 Å². The van der Waals surface area contributed by atoms with Gasteiger partial charge in [0.25, 0.3) is 5.91 Å². The predicted octanol–water partition coefficient (Wildman–Crippen LogP) is 0.0661. The molecule has 2 unspecified atom stereocenters. The summed E-state index contributed by atoms with van der Waals surface area (Å²) in [6.07, 6.45) is 4.05. The van der Waals surface area contributed by atoms with Crippen LogP contribution < -0.4 is 5.73 Å². The number of ketones is 1. The van der Waals surface area contributed by atoms with Crippen LogP contribution in [-0.4, -0.2) is 64.9 Å². The van der Waals surface area contributed by atoms with Crippen molar-refractivity contribution in [2.75, 3.05) is 13.1 Å². The van der Waals surface area contributed by atoms with Crippen LogP contribution in [0.2, 0.25) is 0 Å². The summed E-state index contributed by atoms with van der Waals surface area (Å²) < 4.78 is 40.3. The molecule has 0 aliphatic carbocycles. The van der Waals surface area contributed by atoms with E-state index >= 15 is 0 Å². The minimum Gasteiger partial charge on any atom is -0.367 e. The standard InChI is InChI=1S/C21H20FN4O5S/c22-15-6-3-14(4-7-15)5-8-19(28)25-11-9-17-21(25,20(23)29)18(27)13-26(17)32(30,31)16-2-1-10-24-12-16/h1-4,6-8,10,12,17H,5,9,11,13H2,(H2,23,29). The molecule has 11 heteroatoms. The van der Waals surface area contributed by atoms with Gasteiger partial charge in [0, 0.05) is 18.9 Å². The molecular formula is C21H20FN4O5S. The number of Topliss-reactive ketones (excluding diaryl/α,β-unsaturated/α-hetero) is 1. The number of hydrogen-bond acceptors (Lipinski definition) is 6. The van der Waals surface area contributed by atoms with E-state index in [9.17, 15) is 27.2 Å². The van der Waals surface area contributed by atoms with E-state index in [1.807, 2.05) is 0 Å². The number of carbonyl (C=O) groups excluding carboxylic acids is 3. The van der Waals surface area contributed by atoms with Crippen molar-refractivity contribution in [3.05, 3.63) is 66.6 Å². The van der Waals surface area contributed by atoms with Crippen LogP contribution in [0.3, 0.4) is 0 Å². The number of aromatic nitrogens is 1. The van der Waals surface area contributed by atoms with Gasteiger partial charge in [0.2, 0.25) is 15.9 Å². The lowest BCUT2D eigenvalue weighted by Crippen LogP contribution is -2.64. The first-order chi connectivity index (χ1) is 15.2. The molecule has 0 spiro atoms. The number of amides is 2. The number of nitrogens with two attached hydrogens (primary N) is 1. The number of likely N-dealkylation sites (tertiary alicyclic amines) is 1. The van der Waals surface area contributed by atoms with Crippen molar-refractivity contribution >= 4 is 27.6 Å². The lowest BCUT2D eigenvalue weighted by Gasteiger charge is -2.34. The summed E-state index contributed by atoms with van der Waals surface area (Å²) in [6, 6.07) is 7.21. The highest BCUT2D eigenvalue weighted by Gasteiger charge is 2.68. The Balaban J connectivity index is 1.62. The fourth-order valence-corrected chi connectivity index (χ4v) is 6.02. The Morgan fingerprint density at radius 1 is 1.25 bits per heavy atom. The zero-order chi connectivity index (χ0) is 23.1. The predicted molar refractivity (Wildman–Crippen MR) is 110 cm³/mol. The molecule has 2 aromatic rings. The highest BCUT2D eigenvalue weighted by atomic mass is 32.2. The van der Waals surface area contributed by atoms with Crippen LogP contribution in [0.4, 0.5) is 4.39 Å². The molecule has 9 nitrogen and oxygen atoms in total. The molecular weight excluding hydrogens is 439 g/mol. The number of pyridine rings is 1. The Morgan fingerprint density at radius 2 is 1.97 bits per heavy atom. The van der Waals surface area contributed by atoms with Crippen molar-refractivity contribution in [3.8, 4) is 0 Å². The molecule has 2 saturated heterocycles. The maximum absolute atomic E-state index is 13.1. The molecule has 4 rings (SSSR count). The van der Waals surface area contributed by atoms with Gasteiger partial charge in [-0.3, -0.25) is 19.4 Å². The summed E-state index contributed by atoms with van der Waals surface area (Å²) in [5, 5.41) is 0. The zero-order valence-corrected chi connectivity index (χ0v) is 17.7. The number of carbonyl (C=O) groups is 3. The van der Waals surface area contributed by atoms with Crippen molar-refractivity contribution in [1.29, 1.82) is 0 Å². The van der Waals surface area contributed by atoms with E-state index in [1.165, 1.54) is 49.0 Å². The maximum Gasteiger partial charge on any atom is 0.252 e. The second-order valence-electron chi connectivity index (χ2n) is 7.62. The van der Waals surface area contributed by atoms with Crippen LogP contribution in [0.25, 0.3) is 0 Å². The zero-order valence-electron chi connectivity index (χ0n) is 16.8. The molecule has 2 aliphatic rings. The van der Waals surface area contributed by atoms with Crippen molar-refractivity contribution < 1.29 is 27.2 Å². The summed E-state index contributed by atoms with van der Waals surface area (Å²) in [5.41, 5.74) is 4.19. The average Bonchev–Trinajstić information content (AvgIpc) is 3.31. The Kier molecular flexibility index (Phi) is 5.55. The number of rotatable bonds is 6. The number of fused-ring (bicyclic) bond motifs is 1. The van der Waals surface area contributed by atoms with Crippen molar-refractivity contribution in [2.45, 2.75) is 29.3 Å². The third kappa shape index (κ3) is 3.37. The molecule has 1 radical (unpaired) electrons. The SMILES string of the molecule is NC(=O)C12C(=O)CN(S(=O)(=O)c3cccnc3)C1CCN2C(=O)[CH]Cc1ccc(F)cc1. The Morgan fingerprint density at radius 3 is 2.59 bits per heavy atom. The molecule has 2 N–H and O–H groups in total. The highest BCUT2D eigenvalue weighted by Crippen LogP contribution is 2.42. The van der Waals surface area contributed by atoms with Gasteiger partial charge in [-0.1, -0.05) is 12.1 Å². The lowest BCUT2D eigenvalue weighted by molar-refractivity contribution is -0.147. The van der Waals surface area contributed by atoms with Crippen molar-refractivity contribution in [3.63, 3.8) is 0 Å². The molecule has 2 fully saturated rings. The monoisotopic (exact) mass is 459 g/mol. The van der Waals surface area contributed by atoms with E-state index < -0.39 is 51.6 Å². The van der Waals surface area contributed by atoms with Crippen LogP contribution in [0.1, 0.15) is 12.0 Å². The molecule has 32 heavy (non-hydrogen) atoms. The quantitative estimate of drug-likeness (QED) is 0.608. The lowest BCUT2D eigenvalue weighted by atomic mass is 9.89. The summed E-state index contributed by atoms with van der Waals surface area (Å²) in [5.74, 6) is -2.85. The third-order valence-corrected chi connectivity index (χ3v) is 7.75. The largest absolute Gasteiger partial charge is 0.367 e. The van der Waals surface area contributed by atoms with Crippen molar-refractivity contribution in [2.24, 2.45) is 5.73 Å². The van der Waals surface area contributed by atoms with Gasteiger partial charge in [-0.25, -0.2) is 12.8 Å². The van der Waals surface area contributed by atoms with Crippen LogP contribution >= 0.6 is 0 Å². The van der Waals surface area contributed by atoms with Gasteiger partial charge < -0.3 is 10.6 Å².